The van der Waals surface area contributed by atoms with Crippen LogP contribution < -0.4 is 0 Å². The number of benzene rings is 1. The van der Waals surface area contributed by atoms with Crippen molar-refractivity contribution in [3.8, 4) is 0 Å². The van der Waals surface area contributed by atoms with E-state index in [0.29, 0.717) is 5.92 Å². The Morgan fingerprint density at radius 3 is 2.31 bits per heavy atom. The van der Waals surface area contributed by atoms with Gasteiger partial charge < -0.3 is 0 Å². The first kappa shape index (κ1) is 12.2. The van der Waals surface area contributed by atoms with E-state index in [2.05, 4.69) is 13.8 Å². The van der Waals surface area contributed by atoms with E-state index in [1.807, 2.05) is 19.9 Å². The highest BCUT2D eigenvalue weighted by Crippen LogP contribution is 2.08. The summed E-state index contributed by atoms with van der Waals surface area (Å²) in [5, 5.41) is 0. The summed E-state index contributed by atoms with van der Waals surface area (Å²) in [6.45, 7) is 8.26. The molecule has 0 radical (unpaired) electrons. The Hall–Kier alpha value is -0.850. The van der Waals surface area contributed by atoms with E-state index in [4.69, 9.17) is 0 Å². The first-order valence-corrected chi connectivity index (χ1v) is 4.93. The normalized spacial score (nSPS) is 9.38. The summed E-state index contributed by atoms with van der Waals surface area (Å²) in [6.07, 6.45) is 0.956. The van der Waals surface area contributed by atoms with Crippen LogP contribution in [-0.4, -0.2) is 0 Å². The highest BCUT2D eigenvalue weighted by molar-refractivity contribution is 5.16. The van der Waals surface area contributed by atoms with Crippen molar-refractivity contribution in [3.05, 3.63) is 35.6 Å². The van der Waals surface area contributed by atoms with Crippen LogP contribution in [0.25, 0.3) is 0 Å². The number of hydrogen-bond donors (Lipinski definition) is 0. The summed E-state index contributed by atoms with van der Waals surface area (Å²) in [5.74, 6) is 0.458. The van der Waals surface area contributed by atoms with Crippen molar-refractivity contribution in [2.24, 2.45) is 5.92 Å². The number of rotatable bonds is 2. The quantitative estimate of drug-likeness (QED) is 0.647. The summed E-state index contributed by atoms with van der Waals surface area (Å²) < 4.78 is 12.6. The molecule has 1 heteroatoms. The minimum absolute atomic E-state index is 0.136. The second kappa shape index (κ2) is 6.64. The molecule has 0 saturated carbocycles. The Morgan fingerprint density at radius 1 is 1.23 bits per heavy atom. The van der Waals surface area contributed by atoms with Crippen LogP contribution in [0.3, 0.4) is 0 Å². The molecule has 0 aliphatic rings. The van der Waals surface area contributed by atoms with Gasteiger partial charge >= 0.3 is 0 Å². The standard InChI is InChI=1S/C10H13F.C2H6/c1-8(2)6-9-4-3-5-10(11)7-9;1-2/h3-5,7-8H,6H2,1-2H3;1-2H3. The largest absolute Gasteiger partial charge is 0.207 e. The van der Waals surface area contributed by atoms with Gasteiger partial charge in [0.1, 0.15) is 5.82 Å². The van der Waals surface area contributed by atoms with Crippen molar-refractivity contribution >= 4 is 0 Å². The second-order valence-corrected chi connectivity index (χ2v) is 3.23. The molecule has 0 bridgehead atoms. The summed E-state index contributed by atoms with van der Waals surface area (Å²) in [7, 11) is 0. The van der Waals surface area contributed by atoms with Crippen molar-refractivity contribution in [3.63, 3.8) is 0 Å². The molecule has 1 aromatic rings. The van der Waals surface area contributed by atoms with E-state index in [1.54, 1.807) is 12.1 Å². The molecule has 0 unspecified atom stereocenters. The molecule has 0 nitrogen and oxygen atoms in total. The summed E-state index contributed by atoms with van der Waals surface area (Å²) in [5.41, 5.74) is 1.08. The fraction of sp³-hybridized carbons (Fsp3) is 0.500. The zero-order chi connectivity index (χ0) is 10.3. The molecule has 0 amide bonds. The lowest BCUT2D eigenvalue weighted by Crippen LogP contribution is -1.93. The van der Waals surface area contributed by atoms with Crippen LogP contribution in [0, 0.1) is 11.7 Å². The lowest BCUT2D eigenvalue weighted by molar-refractivity contribution is 0.613. The molecule has 0 aromatic heterocycles. The molecule has 0 aliphatic heterocycles. The van der Waals surface area contributed by atoms with Crippen LogP contribution in [0.4, 0.5) is 4.39 Å². The molecule has 0 fully saturated rings. The third-order valence-electron chi connectivity index (χ3n) is 1.53. The van der Waals surface area contributed by atoms with Crippen molar-refractivity contribution in [2.45, 2.75) is 34.1 Å². The molecule has 0 spiro atoms. The van der Waals surface area contributed by atoms with Crippen LogP contribution in [-0.2, 0) is 6.42 Å². The Labute approximate surface area is 80.8 Å². The molecule has 0 heterocycles. The van der Waals surface area contributed by atoms with Crippen LogP contribution in [0.5, 0.6) is 0 Å². The van der Waals surface area contributed by atoms with Crippen LogP contribution in [0.15, 0.2) is 24.3 Å². The first-order valence-electron chi connectivity index (χ1n) is 4.93. The van der Waals surface area contributed by atoms with E-state index in [9.17, 15) is 4.39 Å². The van der Waals surface area contributed by atoms with Gasteiger partial charge in [0.15, 0.2) is 0 Å². The van der Waals surface area contributed by atoms with Gasteiger partial charge in [-0.1, -0.05) is 39.8 Å². The molecule has 0 aliphatic carbocycles. The van der Waals surface area contributed by atoms with Gasteiger partial charge in [-0.3, -0.25) is 0 Å². The lowest BCUT2D eigenvalue weighted by atomic mass is 10.0. The Balaban J connectivity index is 0.000000671. The van der Waals surface area contributed by atoms with E-state index in [1.165, 1.54) is 6.07 Å². The smallest absolute Gasteiger partial charge is 0.123 e. The highest BCUT2D eigenvalue weighted by atomic mass is 19.1. The molecule has 0 N–H and O–H groups in total. The van der Waals surface area contributed by atoms with Crippen LogP contribution in [0.1, 0.15) is 33.3 Å². The average molecular weight is 182 g/mol. The number of hydrogen-bond acceptors (Lipinski definition) is 0. The van der Waals surface area contributed by atoms with Crippen molar-refractivity contribution < 1.29 is 4.39 Å². The van der Waals surface area contributed by atoms with Gasteiger partial charge in [-0.05, 0) is 30.0 Å². The van der Waals surface area contributed by atoms with Gasteiger partial charge in [-0.2, -0.15) is 0 Å². The summed E-state index contributed by atoms with van der Waals surface area (Å²) in [6, 6.07) is 6.79. The molecular formula is C12H19F. The second-order valence-electron chi connectivity index (χ2n) is 3.23. The van der Waals surface area contributed by atoms with E-state index in [-0.39, 0.29) is 5.82 Å². The molecule has 0 atom stereocenters. The minimum Gasteiger partial charge on any atom is -0.207 e. The molecule has 13 heavy (non-hydrogen) atoms. The van der Waals surface area contributed by atoms with Gasteiger partial charge in [0.2, 0.25) is 0 Å². The predicted octanol–water partition coefficient (Wildman–Crippen LogP) is 4.05. The molecule has 0 saturated heterocycles. The summed E-state index contributed by atoms with van der Waals surface area (Å²) in [4.78, 5) is 0. The zero-order valence-corrected chi connectivity index (χ0v) is 8.97. The average Bonchev–Trinajstić information content (AvgIpc) is 2.06. The number of halogens is 1. The monoisotopic (exact) mass is 182 g/mol. The Bertz CT molecular complexity index is 228. The minimum atomic E-state index is -0.136. The van der Waals surface area contributed by atoms with Gasteiger partial charge in [0.05, 0.1) is 0 Å². The third-order valence-corrected chi connectivity index (χ3v) is 1.53. The molecule has 1 rings (SSSR count). The van der Waals surface area contributed by atoms with E-state index in [0.717, 1.165) is 12.0 Å². The SMILES string of the molecule is CC.CC(C)Cc1cccc(F)c1. The molecule has 74 valence electrons. The zero-order valence-electron chi connectivity index (χ0n) is 8.97. The van der Waals surface area contributed by atoms with Gasteiger partial charge in [-0.15, -0.1) is 0 Å². The van der Waals surface area contributed by atoms with Crippen molar-refractivity contribution in [1.82, 2.24) is 0 Å². The first-order chi connectivity index (χ1) is 6.18. The van der Waals surface area contributed by atoms with Crippen molar-refractivity contribution in [1.29, 1.82) is 0 Å². The maximum Gasteiger partial charge on any atom is 0.123 e. The topological polar surface area (TPSA) is 0 Å². The predicted molar refractivity (Wildman–Crippen MR) is 56.3 cm³/mol. The van der Waals surface area contributed by atoms with Crippen molar-refractivity contribution in [2.75, 3.05) is 0 Å². The maximum absolute atomic E-state index is 12.6. The Morgan fingerprint density at radius 2 is 1.85 bits per heavy atom. The highest BCUT2D eigenvalue weighted by Gasteiger charge is 1.97. The molecular weight excluding hydrogens is 163 g/mol. The molecule has 1 aromatic carbocycles. The fourth-order valence-electron chi connectivity index (χ4n) is 1.14. The van der Waals surface area contributed by atoms with Crippen LogP contribution >= 0.6 is 0 Å². The van der Waals surface area contributed by atoms with Gasteiger partial charge in [0, 0.05) is 0 Å². The van der Waals surface area contributed by atoms with E-state index < -0.39 is 0 Å². The fourth-order valence-corrected chi connectivity index (χ4v) is 1.14. The maximum atomic E-state index is 12.6. The Kier molecular flexibility index (Phi) is 6.21. The summed E-state index contributed by atoms with van der Waals surface area (Å²) >= 11 is 0. The third kappa shape index (κ3) is 5.40. The van der Waals surface area contributed by atoms with E-state index >= 15 is 0 Å². The lowest BCUT2D eigenvalue weighted by Gasteiger charge is -2.03. The van der Waals surface area contributed by atoms with Gasteiger partial charge in [0.25, 0.3) is 0 Å². The van der Waals surface area contributed by atoms with Gasteiger partial charge in [-0.25, -0.2) is 4.39 Å². The van der Waals surface area contributed by atoms with Crippen LogP contribution in [0.2, 0.25) is 0 Å².